The normalized spacial score (nSPS) is 21.8. The summed E-state index contributed by atoms with van der Waals surface area (Å²) in [6.07, 6.45) is 0. The zero-order valence-electron chi connectivity index (χ0n) is 15.5. The highest BCUT2D eigenvalue weighted by Crippen LogP contribution is 2.34. The van der Waals surface area contributed by atoms with Crippen LogP contribution in [0.1, 0.15) is 21.7 Å². The van der Waals surface area contributed by atoms with Crippen molar-refractivity contribution in [3.63, 3.8) is 0 Å². The van der Waals surface area contributed by atoms with Crippen molar-refractivity contribution in [2.45, 2.75) is 13.8 Å². The fourth-order valence-corrected chi connectivity index (χ4v) is 4.25. The van der Waals surface area contributed by atoms with E-state index in [2.05, 4.69) is 39.1 Å². The summed E-state index contributed by atoms with van der Waals surface area (Å²) >= 11 is 0. The van der Waals surface area contributed by atoms with Gasteiger partial charge in [-0.05, 0) is 26.0 Å². The van der Waals surface area contributed by atoms with Gasteiger partial charge in [0.25, 0.3) is 5.91 Å². The lowest BCUT2D eigenvalue weighted by Crippen LogP contribution is -2.34. The molecule has 0 N–H and O–H groups in total. The molecule has 2 saturated heterocycles. The lowest BCUT2D eigenvalue weighted by Gasteiger charge is -2.24. The number of carbonyl (C=O) groups is 1. The van der Waals surface area contributed by atoms with E-state index < -0.39 is 0 Å². The van der Waals surface area contributed by atoms with E-state index in [1.807, 2.05) is 24.8 Å². The minimum absolute atomic E-state index is 0.0447. The molecule has 2 fully saturated rings. The molecule has 2 aliphatic heterocycles. The summed E-state index contributed by atoms with van der Waals surface area (Å²) < 4.78 is 5.10. The molecule has 2 atom stereocenters. The largest absolute Gasteiger partial charge is 0.467 e. The molecule has 2 aromatic rings. The first-order valence-corrected chi connectivity index (χ1v) is 9.05. The van der Waals surface area contributed by atoms with Gasteiger partial charge in [0, 0.05) is 43.7 Å². The third-order valence-corrected chi connectivity index (χ3v) is 5.54. The van der Waals surface area contributed by atoms with E-state index in [1.165, 1.54) is 12.8 Å². The molecule has 0 bridgehead atoms. The van der Waals surface area contributed by atoms with Gasteiger partial charge in [0.1, 0.15) is 0 Å². The average Bonchev–Trinajstić information content (AvgIpc) is 3.20. The van der Waals surface area contributed by atoms with Gasteiger partial charge < -0.3 is 14.5 Å². The molecule has 6 nitrogen and oxygen atoms in total. The molecule has 1 unspecified atom stereocenters. The van der Waals surface area contributed by atoms with E-state index in [9.17, 15) is 4.79 Å². The van der Waals surface area contributed by atoms with Gasteiger partial charge in [0.05, 0.1) is 24.1 Å². The van der Waals surface area contributed by atoms with Crippen molar-refractivity contribution < 1.29 is 9.53 Å². The number of benzene rings is 1. The van der Waals surface area contributed by atoms with Crippen LogP contribution >= 0.6 is 0 Å². The number of anilines is 1. The third-order valence-electron chi connectivity index (χ3n) is 5.54. The Hall–Kier alpha value is -2.63. The van der Waals surface area contributed by atoms with Crippen molar-refractivity contribution in [1.82, 2.24) is 14.9 Å². The van der Waals surface area contributed by atoms with Crippen LogP contribution in [-0.2, 0) is 0 Å². The number of aromatic nitrogens is 2. The highest BCUT2D eigenvalue weighted by molar-refractivity contribution is 5.96. The molecule has 0 aliphatic carbocycles. The highest BCUT2D eigenvalue weighted by atomic mass is 16.5. The van der Waals surface area contributed by atoms with Gasteiger partial charge in [-0.3, -0.25) is 4.79 Å². The van der Waals surface area contributed by atoms with E-state index in [0.29, 0.717) is 34.8 Å². The molecule has 0 saturated carbocycles. The number of nitrogens with zero attached hydrogens (tertiary/aromatic N) is 4. The van der Waals surface area contributed by atoms with Crippen molar-refractivity contribution in [2.75, 3.05) is 38.2 Å². The molecule has 26 heavy (non-hydrogen) atoms. The minimum Gasteiger partial charge on any atom is -0.467 e. The number of amides is 1. The predicted octanol–water partition coefficient (Wildman–Crippen LogP) is 2.31. The van der Waals surface area contributed by atoms with Gasteiger partial charge in [0.15, 0.2) is 0 Å². The first kappa shape index (κ1) is 16.8. The number of para-hydroxylation sites is 1. The van der Waals surface area contributed by atoms with E-state index >= 15 is 0 Å². The Kier molecular flexibility index (Phi) is 4.26. The number of likely N-dealkylation sites (tertiary alicyclic amines) is 1. The summed E-state index contributed by atoms with van der Waals surface area (Å²) in [6, 6.07) is 10.8. The molecule has 1 aromatic heterocycles. The lowest BCUT2D eigenvalue weighted by atomic mass is 10.0. The molecule has 0 radical (unpaired) electrons. The Labute approximate surface area is 153 Å². The van der Waals surface area contributed by atoms with Crippen LogP contribution < -0.4 is 9.64 Å². The predicted molar refractivity (Wildman–Crippen MR) is 99.6 cm³/mol. The maximum atomic E-state index is 13.1. The van der Waals surface area contributed by atoms with Crippen molar-refractivity contribution in [3.8, 4) is 6.01 Å². The molecule has 0 spiro atoms. The van der Waals surface area contributed by atoms with Crippen LogP contribution in [0.25, 0.3) is 0 Å². The van der Waals surface area contributed by atoms with E-state index in [1.54, 1.807) is 0 Å². The molecular formula is C20H24N4O2. The van der Waals surface area contributed by atoms with Crippen LogP contribution in [-0.4, -0.2) is 54.1 Å². The first-order valence-electron chi connectivity index (χ1n) is 9.05. The Balaban J connectivity index is 1.47. The molecule has 136 valence electrons. The van der Waals surface area contributed by atoms with E-state index in [4.69, 9.17) is 4.74 Å². The summed E-state index contributed by atoms with van der Waals surface area (Å²) in [4.78, 5) is 26.0. The second-order valence-electron chi connectivity index (χ2n) is 7.23. The fourth-order valence-electron chi connectivity index (χ4n) is 4.25. The van der Waals surface area contributed by atoms with Crippen LogP contribution in [0.2, 0.25) is 0 Å². The monoisotopic (exact) mass is 352 g/mol. The van der Waals surface area contributed by atoms with Gasteiger partial charge in [-0.15, -0.1) is 0 Å². The lowest BCUT2D eigenvalue weighted by molar-refractivity contribution is 0.0780. The number of hydrogen-bond acceptors (Lipinski definition) is 5. The number of aryl methyl sites for hydroxylation is 2. The number of ether oxygens (including phenoxy) is 1. The van der Waals surface area contributed by atoms with Crippen molar-refractivity contribution >= 4 is 11.6 Å². The Bertz CT molecular complexity index is 787. The van der Waals surface area contributed by atoms with Gasteiger partial charge in [-0.1, -0.05) is 18.2 Å². The SMILES string of the molecule is COc1nc(C)c(C(=O)N2CC3CN(c4ccccc4)C[C@H]3C2)c(C)n1. The average molecular weight is 352 g/mol. The Morgan fingerprint density at radius 2 is 1.58 bits per heavy atom. The summed E-state index contributed by atoms with van der Waals surface area (Å²) in [6.45, 7) is 7.32. The molecular weight excluding hydrogens is 328 g/mol. The number of hydrogen-bond donors (Lipinski definition) is 0. The molecule has 6 heteroatoms. The van der Waals surface area contributed by atoms with Crippen LogP contribution in [0.5, 0.6) is 6.01 Å². The smallest absolute Gasteiger partial charge is 0.316 e. The number of methoxy groups -OCH3 is 1. The molecule has 3 heterocycles. The second kappa shape index (κ2) is 6.59. The number of fused-ring (bicyclic) bond motifs is 1. The van der Waals surface area contributed by atoms with Crippen molar-refractivity contribution in [1.29, 1.82) is 0 Å². The molecule has 1 aromatic carbocycles. The van der Waals surface area contributed by atoms with Crippen LogP contribution in [0.15, 0.2) is 30.3 Å². The fraction of sp³-hybridized carbons (Fsp3) is 0.450. The van der Waals surface area contributed by atoms with Crippen LogP contribution in [0.3, 0.4) is 0 Å². The van der Waals surface area contributed by atoms with E-state index in [-0.39, 0.29) is 5.91 Å². The van der Waals surface area contributed by atoms with Crippen molar-refractivity contribution in [2.24, 2.45) is 11.8 Å². The third kappa shape index (κ3) is 2.89. The summed E-state index contributed by atoms with van der Waals surface area (Å²) in [5.41, 5.74) is 3.25. The summed E-state index contributed by atoms with van der Waals surface area (Å²) in [7, 11) is 1.54. The topological polar surface area (TPSA) is 58.6 Å². The minimum atomic E-state index is 0.0447. The number of rotatable bonds is 3. The Morgan fingerprint density at radius 1 is 1.00 bits per heavy atom. The van der Waals surface area contributed by atoms with Crippen LogP contribution in [0.4, 0.5) is 5.69 Å². The Morgan fingerprint density at radius 3 is 2.12 bits per heavy atom. The molecule has 4 rings (SSSR count). The van der Waals surface area contributed by atoms with Gasteiger partial charge in [0.2, 0.25) is 0 Å². The zero-order valence-corrected chi connectivity index (χ0v) is 15.5. The van der Waals surface area contributed by atoms with E-state index in [0.717, 1.165) is 26.2 Å². The van der Waals surface area contributed by atoms with Crippen molar-refractivity contribution in [3.05, 3.63) is 47.3 Å². The maximum absolute atomic E-state index is 13.1. The van der Waals surface area contributed by atoms with Crippen LogP contribution in [0, 0.1) is 25.7 Å². The van der Waals surface area contributed by atoms with Gasteiger partial charge >= 0.3 is 6.01 Å². The summed E-state index contributed by atoms with van der Waals surface area (Å²) in [5.74, 6) is 1.10. The standard InChI is InChI=1S/C20H24N4O2/c1-13-18(14(2)22-20(21-13)26-3)19(25)24-11-15-9-23(10-16(15)12-24)17-7-5-4-6-8-17/h4-8,15-16H,9-12H2,1-3H3/t15-,16?/m0/s1. The highest BCUT2D eigenvalue weighted by Gasteiger charge is 2.42. The first-order chi connectivity index (χ1) is 12.6. The molecule has 1 amide bonds. The maximum Gasteiger partial charge on any atom is 0.316 e. The summed E-state index contributed by atoms with van der Waals surface area (Å²) in [5, 5.41) is 0. The van der Waals surface area contributed by atoms with Gasteiger partial charge in [-0.2, -0.15) is 9.97 Å². The zero-order chi connectivity index (χ0) is 18.3. The second-order valence-corrected chi connectivity index (χ2v) is 7.23. The van der Waals surface area contributed by atoms with Gasteiger partial charge in [-0.25, -0.2) is 0 Å². The number of carbonyl (C=O) groups excluding carboxylic acids is 1. The quantitative estimate of drug-likeness (QED) is 0.848. The molecule has 2 aliphatic rings.